The van der Waals surface area contributed by atoms with Crippen LogP contribution in [0.1, 0.15) is 64.9 Å². The number of rotatable bonds is 5. The SMILES string of the molecule is CN(C(=O)OC(C)(C)C)C1CC(C)(Oc2nc(-c3cnn(C)c3)cn3ncc(C4CC4)c23)C1. The van der Waals surface area contributed by atoms with Crippen LogP contribution in [0.4, 0.5) is 4.79 Å². The quantitative estimate of drug-likeness (QED) is 0.577. The Kier molecular flexibility index (Phi) is 4.91. The summed E-state index contributed by atoms with van der Waals surface area (Å²) in [6.45, 7) is 7.71. The molecule has 9 heteroatoms. The Morgan fingerprint density at radius 3 is 2.52 bits per heavy atom. The normalized spacial score (nSPS) is 22.8. The van der Waals surface area contributed by atoms with E-state index in [2.05, 4.69) is 17.1 Å². The average molecular weight is 453 g/mol. The topological polar surface area (TPSA) is 86.8 Å². The molecule has 0 aliphatic heterocycles. The predicted molar refractivity (Wildman–Crippen MR) is 123 cm³/mol. The highest BCUT2D eigenvalue weighted by atomic mass is 16.6. The Morgan fingerprint density at radius 1 is 1.18 bits per heavy atom. The largest absolute Gasteiger partial charge is 0.470 e. The first kappa shape index (κ1) is 21.7. The van der Waals surface area contributed by atoms with Gasteiger partial charge in [-0.15, -0.1) is 0 Å². The van der Waals surface area contributed by atoms with Crippen LogP contribution in [0.15, 0.2) is 24.8 Å². The van der Waals surface area contributed by atoms with Gasteiger partial charge >= 0.3 is 6.09 Å². The third kappa shape index (κ3) is 4.28. The Morgan fingerprint density at radius 2 is 1.91 bits per heavy atom. The lowest BCUT2D eigenvalue weighted by Gasteiger charge is -2.48. The van der Waals surface area contributed by atoms with Crippen LogP contribution in [0.2, 0.25) is 0 Å². The smallest absolute Gasteiger partial charge is 0.410 e. The zero-order valence-corrected chi connectivity index (χ0v) is 20.2. The average Bonchev–Trinajstić information content (AvgIpc) is 3.30. The molecule has 1 amide bonds. The van der Waals surface area contributed by atoms with Crippen molar-refractivity contribution in [2.24, 2.45) is 7.05 Å². The molecule has 0 N–H and O–H groups in total. The highest BCUT2D eigenvalue weighted by molar-refractivity contribution is 5.69. The summed E-state index contributed by atoms with van der Waals surface area (Å²) in [5, 5.41) is 8.88. The molecule has 0 saturated heterocycles. The van der Waals surface area contributed by atoms with E-state index < -0.39 is 11.2 Å². The van der Waals surface area contributed by atoms with Crippen molar-refractivity contribution in [1.82, 2.24) is 29.3 Å². The number of carbonyl (C=O) groups excluding carboxylic acids is 1. The number of ether oxygens (including phenoxy) is 2. The number of carbonyl (C=O) groups is 1. The minimum atomic E-state index is -0.516. The number of aromatic nitrogens is 5. The van der Waals surface area contributed by atoms with Crippen LogP contribution in [-0.2, 0) is 11.8 Å². The monoisotopic (exact) mass is 452 g/mol. The molecule has 0 spiro atoms. The Balaban J connectivity index is 1.40. The van der Waals surface area contributed by atoms with Crippen LogP contribution < -0.4 is 4.74 Å². The van der Waals surface area contributed by atoms with Gasteiger partial charge in [-0.2, -0.15) is 10.2 Å². The molecule has 33 heavy (non-hydrogen) atoms. The molecule has 3 heterocycles. The van der Waals surface area contributed by atoms with E-state index in [0.717, 1.165) is 16.8 Å². The lowest BCUT2D eigenvalue weighted by molar-refractivity contribution is -0.0588. The highest BCUT2D eigenvalue weighted by Gasteiger charge is 2.47. The maximum Gasteiger partial charge on any atom is 0.410 e. The standard InChI is InChI=1S/C24H32N6O3/c1-23(2,3)33-22(31)29(6)17-9-24(4,10-17)32-21-20-18(15-7-8-15)12-26-30(20)14-19(27-21)16-11-25-28(5)13-16/h11-15,17H,7-10H2,1-6H3. The van der Waals surface area contributed by atoms with Gasteiger partial charge in [-0.3, -0.25) is 4.68 Å². The van der Waals surface area contributed by atoms with Crippen LogP contribution in [0.5, 0.6) is 5.88 Å². The summed E-state index contributed by atoms with van der Waals surface area (Å²) in [6, 6.07) is 0.0650. The van der Waals surface area contributed by atoms with E-state index in [4.69, 9.17) is 14.5 Å². The first-order valence-corrected chi connectivity index (χ1v) is 11.5. The lowest BCUT2D eigenvalue weighted by Crippen LogP contribution is -2.57. The van der Waals surface area contributed by atoms with Gasteiger partial charge in [0.1, 0.15) is 16.7 Å². The summed E-state index contributed by atoms with van der Waals surface area (Å²) in [7, 11) is 3.68. The van der Waals surface area contributed by atoms with Crippen LogP contribution in [0.3, 0.4) is 0 Å². The van der Waals surface area contributed by atoms with Crippen molar-refractivity contribution in [3.05, 3.63) is 30.4 Å². The summed E-state index contributed by atoms with van der Waals surface area (Å²) in [5.74, 6) is 1.12. The maximum absolute atomic E-state index is 12.5. The fourth-order valence-electron chi connectivity index (χ4n) is 4.47. The molecule has 2 aliphatic rings. The molecule has 176 valence electrons. The number of hydrogen-bond acceptors (Lipinski definition) is 6. The summed E-state index contributed by atoms with van der Waals surface area (Å²) < 4.78 is 15.7. The molecule has 5 rings (SSSR count). The van der Waals surface area contributed by atoms with Gasteiger partial charge in [0.05, 0.1) is 24.3 Å². The summed E-state index contributed by atoms with van der Waals surface area (Å²) in [5.41, 5.74) is 2.87. The number of aryl methyl sites for hydroxylation is 1. The van der Waals surface area contributed by atoms with Crippen molar-refractivity contribution in [3.63, 3.8) is 0 Å². The minimum Gasteiger partial charge on any atom is -0.470 e. The van der Waals surface area contributed by atoms with E-state index in [1.165, 1.54) is 18.4 Å². The molecular weight excluding hydrogens is 420 g/mol. The van der Waals surface area contributed by atoms with Gasteiger partial charge in [-0.1, -0.05) is 0 Å². The second-order valence-corrected chi connectivity index (χ2v) is 10.7. The van der Waals surface area contributed by atoms with Gasteiger partial charge in [0.25, 0.3) is 0 Å². The van der Waals surface area contributed by atoms with Crippen molar-refractivity contribution in [1.29, 1.82) is 0 Å². The summed E-state index contributed by atoms with van der Waals surface area (Å²) in [6.07, 6.45) is 11.1. The van der Waals surface area contributed by atoms with E-state index in [0.29, 0.717) is 24.6 Å². The van der Waals surface area contributed by atoms with E-state index in [9.17, 15) is 4.79 Å². The van der Waals surface area contributed by atoms with E-state index in [1.807, 2.05) is 50.9 Å². The fraction of sp³-hybridized carbons (Fsp3) is 0.583. The molecule has 0 aromatic carbocycles. The fourth-order valence-corrected chi connectivity index (χ4v) is 4.47. The molecule has 0 atom stereocenters. The molecule has 2 saturated carbocycles. The second kappa shape index (κ2) is 7.46. The molecule has 3 aromatic heterocycles. The van der Waals surface area contributed by atoms with Crippen molar-refractivity contribution in [3.8, 4) is 17.1 Å². The van der Waals surface area contributed by atoms with Crippen LogP contribution in [0.25, 0.3) is 16.8 Å². The van der Waals surface area contributed by atoms with Gasteiger partial charge in [-0.05, 0) is 46.5 Å². The van der Waals surface area contributed by atoms with Crippen LogP contribution in [-0.4, -0.2) is 59.7 Å². The van der Waals surface area contributed by atoms with Crippen molar-refractivity contribution < 1.29 is 14.3 Å². The van der Waals surface area contributed by atoms with Gasteiger partial charge < -0.3 is 14.4 Å². The molecule has 2 aliphatic carbocycles. The van der Waals surface area contributed by atoms with Gasteiger partial charge in [0.15, 0.2) is 0 Å². The number of amides is 1. The summed E-state index contributed by atoms with van der Waals surface area (Å²) in [4.78, 5) is 19.1. The van der Waals surface area contributed by atoms with Crippen LogP contribution >= 0.6 is 0 Å². The third-order valence-electron chi connectivity index (χ3n) is 6.42. The molecule has 0 radical (unpaired) electrons. The van der Waals surface area contributed by atoms with E-state index >= 15 is 0 Å². The number of hydrogen-bond donors (Lipinski definition) is 0. The molecule has 2 fully saturated rings. The molecule has 3 aromatic rings. The molecule has 0 bridgehead atoms. The van der Waals surface area contributed by atoms with E-state index in [-0.39, 0.29) is 12.1 Å². The minimum absolute atomic E-state index is 0.0650. The van der Waals surface area contributed by atoms with Gasteiger partial charge in [0.2, 0.25) is 5.88 Å². The predicted octanol–water partition coefficient (Wildman–Crippen LogP) is 4.17. The zero-order valence-electron chi connectivity index (χ0n) is 20.2. The number of fused-ring (bicyclic) bond motifs is 1. The second-order valence-electron chi connectivity index (χ2n) is 10.7. The van der Waals surface area contributed by atoms with Gasteiger partial charge in [-0.25, -0.2) is 14.3 Å². The van der Waals surface area contributed by atoms with Crippen molar-refractivity contribution in [2.45, 2.75) is 76.5 Å². The first-order chi connectivity index (χ1) is 15.5. The molecular formula is C24H32N6O3. The third-order valence-corrected chi connectivity index (χ3v) is 6.42. The van der Waals surface area contributed by atoms with Gasteiger partial charge in [0, 0.05) is 50.3 Å². The molecule has 9 nitrogen and oxygen atoms in total. The highest BCUT2D eigenvalue weighted by Crippen LogP contribution is 2.46. The lowest BCUT2D eigenvalue weighted by atomic mass is 9.76. The van der Waals surface area contributed by atoms with Crippen molar-refractivity contribution in [2.75, 3.05) is 7.05 Å². The Bertz CT molecular complexity index is 1200. The van der Waals surface area contributed by atoms with Crippen LogP contribution in [0, 0.1) is 0 Å². The first-order valence-electron chi connectivity index (χ1n) is 11.5. The number of nitrogens with zero attached hydrogens (tertiary/aromatic N) is 6. The van der Waals surface area contributed by atoms with Crippen molar-refractivity contribution >= 4 is 11.6 Å². The Hall–Kier alpha value is -3.10. The Labute approximate surface area is 193 Å². The van der Waals surface area contributed by atoms with E-state index in [1.54, 1.807) is 22.8 Å². The molecule has 0 unspecified atom stereocenters. The zero-order chi connectivity index (χ0) is 23.5. The summed E-state index contributed by atoms with van der Waals surface area (Å²) >= 11 is 0. The maximum atomic E-state index is 12.5.